The Balaban J connectivity index is 2.13. The van der Waals surface area contributed by atoms with Crippen molar-refractivity contribution in [2.24, 2.45) is 0 Å². The fourth-order valence-electron chi connectivity index (χ4n) is 2.28. The summed E-state index contributed by atoms with van der Waals surface area (Å²) in [4.78, 5) is 16.2. The second-order valence-corrected chi connectivity index (χ2v) is 4.59. The Morgan fingerprint density at radius 2 is 2.37 bits per heavy atom. The number of hydrogen-bond donors (Lipinski definition) is 2. The zero-order valence-electron chi connectivity index (χ0n) is 10.8. The van der Waals surface area contributed by atoms with Gasteiger partial charge in [0.25, 0.3) is 5.91 Å². The predicted octanol–water partition coefficient (Wildman–Crippen LogP) is 1.29. The normalized spacial score (nSPS) is 17.8. The lowest BCUT2D eigenvalue weighted by Crippen LogP contribution is -2.38. The lowest BCUT2D eigenvalue weighted by molar-refractivity contribution is 0.0913. The minimum Gasteiger partial charge on any atom is -0.373 e. The first kappa shape index (κ1) is 11.7. The summed E-state index contributed by atoms with van der Waals surface area (Å²) in [6.45, 7) is 2.65. The van der Waals surface area contributed by atoms with Gasteiger partial charge in [0.1, 0.15) is 11.5 Å². The first-order valence-corrected chi connectivity index (χ1v) is 6.20. The van der Waals surface area contributed by atoms with Crippen LogP contribution < -0.4 is 10.6 Å². The van der Waals surface area contributed by atoms with Gasteiger partial charge in [-0.1, -0.05) is 0 Å². The number of hydrogen-bond acceptors (Lipinski definition) is 4. The summed E-state index contributed by atoms with van der Waals surface area (Å²) in [5.74, 6) is 0.690. The van der Waals surface area contributed by atoms with Crippen molar-refractivity contribution in [1.29, 1.82) is 0 Å². The highest BCUT2D eigenvalue weighted by molar-refractivity contribution is 6.00. The molecule has 0 spiro atoms. The highest BCUT2D eigenvalue weighted by Gasteiger charge is 2.26. The summed E-state index contributed by atoms with van der Waals surface area (Å²) in [5, 5.41) is 10.2. The minimum absolute atomic E-state index is 0.0755. The van der Waals surface area contributed by atoms with E-state index in [2.05, 4.69) is 20.7 Å². The third-order valence-corrected chi connectivity index (χ3v) is 3.31. The van der Waals surface area contributed by atoms with Crippen LogP contribution in [0.4, 0.5) is 5.82 Å². The lowest BCUT2D eigenvalue weighted by Gasteiger charge is -2.22. The van der Waals surface area contributed by atoms with Crippen LogP contribution in [-0.4, -0.2) is 34.3 Å². The largest absolute Gasteiger partial charge is 0.373 e. The van der Waals surface area contributed by atoms with Crippen LogP contribution in [0.15, 0.2) is 24.5 Å². The molecule has 2 aromatic heterocycles. The average Bonchev–Trinajstić information content (AvgIpc) is 2.89. The number of pyridine rings is 1. The second kappa shape index (κ2) is 4.38. The van der Waals surface area contributed by atoms with Crippen LogP contribution in [0.1, 0.15) is 23.5 Å². The van der Waals surface area contributed by atoms with Gasteiger partial charge in [-0.15, -0.1) is 0 Å². The SMILES string of the molecule is CNc1cc(-c2cnn3c2C(=O)NC[C@@H]3C)ccn1. The van der Waals surface area contributed by atoms with Crippen LogP contribution in [0.5, 0.6) is 0 Å². The van der Waals surface area contributed by atoms with Crippen molar-refractivity contribution in [2.75, 3.05) is 18.9 Å². The van der Waals surface area contributed by atoms with Crippen molar-refractivity contribution in [2.45, 2.75) is 13.0 Å². The maximum absolute atomic E-state index is 12.0. The number of aromatic nitrogens is 3. The summed E-state index contributed by atoms with van der Waals surface area (Å²) in [6, 6.07) is 3.96. The maximum Gasteiger partial charge on any atom is 0.270 e. The van der Waals surface area contributed by atoms with E-state index in [9.17, 15) is 4.79 Å². The van der Waals surface area contributed by atoms with Crippen LogP contribution in [0.2, 0.25) is 0 Å². The smallest absolute Gasteiger partial charge is 0.270 e. The van der Waals surface area contributed by atoms with Gasteiger partial charge in [0.05, 0.1) is 12.2 Å². The highest BCUT2D eigenvalue weighted by atomic mass is 16.2. The standard InChI is InChI=1S/C13H15N5O/c1-8-6-16-13(19)12-10(7-17-18(8)12)9-3-4-15-11(5-9)14-2/h3-5,7-8H,6H2,1-2H3,(H,14,15)(H,16,19)/t8-/m0/s1. The fraction of sp³-hybridized carbons (Fsp3) is 0.308. The van der Waals surface area contributed by atoms with E-state index in [0.717, 1.165) is 16.9 Å². The zero-order valence-corrected chi connectivity index (χ0v) is 10.8. The molecule has 2 aromatic rings. The molecule has 0 aliphatic carbocycles. The Bertz CT molecular complexity index is 634. The van der Waals surface area contributed by atoms with Crippen LogP contribution in [0.25, 0.3) is 11.1 Å². The van der Waals surface area contributed by atoms with Gasteiger partial charge in [0, 0.05) is 25.4 Å². The van der Waals surface area contributed by atoms with Gasteiger partial charge in [0.2, 0.25) is 0 Å². The molecular weight excluding hydrogens is 242 g/mol. The van der Waals surface area contributed by atoms with E-state index in [1.807, 2.05) is 26.1 Å². The molecule has 1 aliphatic heterocycles. The van der Waals surface area contributed by atoms with Crippen molar-refractivity contribution in [3.63, 3.8) is 0 Å². The third-order valence-electron chi connectivity index (χ3n) is 3.31. The molecule has 1 amide bonds. The lowest BCUT2D eigenvalue weighted by atomic mass is 10.1. The van der Waals surface area contributed by atoms with Crippen molar-refractivity contribution >= 4 is 11.7 Å². The van der Waals surface area contributed by atoms with Crippen molar-refractivity contribution < 1.29 is 4.79 Å². The fourth-order valence-corrected chi connectivity index (χ4v) is 2.28. The number of carbonyl (C=O) groups excluding carboxylic acids is 1. The molecule has 0 saturated carbocycles. The van der Waals surface area contributed by atoms with Gasteiger partial charge >= 0.3 is 0 Å². The third kappa shape index (κ3) is 1.85. The molecule has 0 aromatic carbocycles. The first-order valence-electron chi connectivity index (χ1n) is 6.20. The summed E-state index contributed by atoms with van der Waals surface area (Å²) in [7, 11) is 1.81. The molecule has 0 unspecified atom stereocenters. The first-order chi connectivity index (χ1) is 9.20. The van der Waals surface area contributed by atoms with Gasteiger partial charge < -0.3 is 10.6 Å². The Kier molecular flexibility index (Phi) is 2.70. The Labute approximate surface area is 110 Å². The minimum atomic E-state index is -0.0755. The molecule has 19 heavy (non-hydrogen) atoms. The maximum atomic E-state index is 12.0. The number of rotatable bonds is 2. The van der Waals surface area contributed by atoms with Crippen molar-refractivity contribution in [1.82, 2.24) is 20.1 Å². The molecule has 3 heterocycles. The molecule has 1 atom stereocenters. The van der Waals surface area contributed by atoms with Crippen LogP contribution in [0.3, 0.4) is 0 Å². The molecule has 2 N–H and O–H groups in total. The molecule has 3 rings (SSSR count). The Hall–Kier alpha value is -2.37. The molecule has 1 aliphatic rings. The molecule has 0 saturated heterocycles. The topological polar surface area (TPSA) is 71.8 Å². The second-order valence-electron chi connectivity index (χ2n) is 4.59. The molecular formula is C13H15N5O. The number of nitrogens with zero attached hydrogens (tertiary/aromatic N) is 3. The summed E-state index contributed by atoms with van der Waals surface area (Å²) < 4.78 is 1.79. The number of amides is 1. The quantitative estimate of drug-likeness (QED) is 0.850. The van der Waals surface area contributed by atoms with E-state index in [1.54, 1.807) is 17.1 Å². The number of fused-ring (bicyclic) bond motifs is 1. The summed E-state index contributed by atoms with van der Waals surface area (Å²) in [6.07, 6.45) is 3.46. The van der Waals surface area contributed by atoms with E-state index in [1.165, 1.54) is 0 Å². The van der Waals surface area contributed by atoms with Crippen molar-refractivity contribution in [3.8, 4) is 11.1 Å². The molecule has 0 radical (unpaired) electrons. The van der Waals surface area contributed by atoms with E-state index in [-0.39, 0.29) is 11.9 Å². The van der Waals surface area contributed by atoms with Crippen LogP contribution >= 0.6 is 0 Å². The molecule has 98 valence electrons. The number of anilines is 1. The monoisotopic (exact) mass is 257 g/mol. The predicted molar refractivity (Wildman–Crippen MR) is 72.0 cm³/mol. The van der Waals surface area contributed by atoms with Crippen LogP contribution in [0, 0.1) is 0 Å². The number of nitrogens with one attached hydrogen (secondary N) is 2. The molecule has 0 fully saturated rings. The Morgan fingerprint density at radius 1 is 1.53 bits per heavy atom. The molecule has 6 nitrogen and oxygen atoms in total. The highest BCUT2D eigenvalue weighted by Crippen LogP contribution is 2.28. The zero-order chi connectivity index (χ0) is 13.4. The van der Waals surface area contributed by atoms with Gasteiger partial charge in [0.15, 0.2) is 0 Å². The Morgan fingerprint density at radius 3 is 3.16 bits per heavy atom. The average molecular weight is 257 g/mol. The summed E-state index contributed by atoms with van der Waals surface area (Å²) >= 11 is 0. The molecule has 0 bridgehead atoms. The van der Waals surface area contributed by atoms with Gasteiger partial charge in [-0.2, -0.15) is 5.10 Å². The summed E-state index contributed by atoms with van der Waals surface area (Å²) in [5.41, 5.74) is 2.39. The van der Waals surface area contributed by atoms with E-state index in [0.29, 0.717) is 12.2 Å². The molecule has 6 heteroatoms. The van der Waals surface area contributed by atoms with E-state index < -0.39 is 0 Å². The van der Waals surface area contributed by atoms with Gasteiger partial charge in [-0.25, -0.2) is 4.98 Å². The van der Waals surface area contributed by atoms with E-state index in [4.69, 9.17) is 0 Å². The van der Waals surface area contributed by atoms with Crippen LogP contribution in [-0.2, 0) is 0 Å². The van der Waals surface area contributed by atoms with Crippen molar-refractivity contribution in [3.05, 3.63) is 30.2 Å². The van der Waals surface area contributed by atoms with Gasteiger partial charge in [-0.3, -0.25) is 9.48 Å². The number of carbonyl (C=O) groups is 1. The van der Waals surface area contributed by atoms with Gasteiger partial charge in [-0.05, 0) is 24.6 Å². The van der Waals surface area contributed by atoms with E-state index >= 15 is 0 Å².